The maximum Gasteiger partial charge on any atom is 0.0594 e. The van der Waals surface area contributed by atoms with Crippen LogP contribution in [-0.4, -0.2) is 24.6 Å². The summed E-state index contributed by atoms with van der Waals surface area (Å²) in [7, 11) is -0.729. The Balaban J connectivity index is 0. The van der Waals surface area contributed by atoms with Gasteiger partial charge in [0, 0.05) is 7.26 Å². The minimum atomic E-state index is -0.729. The molecule has 0 aromatic heterocycles. The fourth-order valence-electron chi connectivity index (χ4n) is 5.93. The van der Waals surface area contributed by atoms with Crippen LogP contribution in [-0.2, 0) is 0 Å². The highest BCUT2D eigenvalue weighted by atomic mass is 127. The number of halogens is 1. The van der Waals surface area contributed by atoms with Crippen molar-refractivity contribution in [2.24, 2.45) is 0 Å². The summed E-state index contributed by atoms with van der Waals surface area (Å²) in [5.74, 6) is 0. The zero-order chi connectivity index (χ0) is 25.7. The van der Waals surface area contributed by atoms with Gasteiger partial charge in [0.15, 0.2) is 0 Å². The molecular formula is C34H72IP. The highest BCUT2D eigenvalue weighted by Crippen LogP contribution is 2.61. The third kappa shape index (κ3) is 26.8. The minimum Gasteiger partial charge on any atom is -1.00 e. The van der Waals surface area contributed by atoms with Gasteiger partial charge in [-0.05, 0) is 51.4 Å². The Kier molecular flexibility index (Phi) is 35.3. The summed E-state index contributed by atoms with van der Waals surface area (Å²) < 4.78 is 0. The van der Waals surface area contributed by atoms with E-state index in [4.69, 9.17) is 0 Å². The maximum absolute atomic E-state index is 2.35. The quantitative estimate of drug-likeness (QED) is 0.0417. The van der Waals surface area contributed by atoms with Crippen LogP contribution in [0.15, 0.2) is 0 Å². The van der Waals surface area contributed by atoms with E-state index in [-0.39, 0.29) is 24.0 Å². The second kappa shape index (κ2) is 32.4. The minimum absolute atomic E-state index is 0. The molecule has 0 saturated carbocycles. The Hall–Kier alpha value is 1.16. The number of unbranched alkanes of at least 4 members (excludes halogenated alkanes) is 22. The Morgan fingerprint density at radius 1 is 0.250 bits per heavy atom. The number of hydrogen-bond donors (Lipinski definition) is 0. The maximum atomic E-state index is 2.35. The van der Waals surface area contributed by atoms with Crippen molar-refractivity contribution in [2.75, 3.05) is 24.6 Å². The fourth-order valence-corrected chi connectivity index (χ4v) is 10.9. The molecule has 0 aliphatic rings. The summed E-state index contributed by atoms with van der Waals surface area (Å²) in [6, 6.07) is 0. The highest BCUT2D eigenvalue weighted by Gasteiger charge is 2.34. The second-order valence-corrected chi connectivity index (χ2v) is 16.5. The molecule has 0 saturated heterocycles. The van der Waals surface area contributed by atoms with Gasteiger partial charge in [-0.2, -0.15) is 0 Å². The Bertz CT molecular complexity index is 343. The van der Waals surface area contributed by atoms with E-state index in [1.165, 1.54) is 141 Å². The van der Waals surface area contributed by atoms with Crippen molar-refractivity contribution in [3.8, 4) is 0 Å². The third-order valence-corrected chi connectivity index (χ3v) is 13.5. The Labute approximate surface area is 249 Å². The van der Waals surface area contributed by atoms with Crippen molar-refractivity contribution in [1.29, 1.82) is 0 Å². The summed E-state index contributed by atoms with van der Waals surface area (Å²) in [5, 5.41) is 0. The molecule has 0 nitrogen and oxygen atoms in total. The van der Waals surface area contributed by atoms with Gasteiger partial charge in [-0.25, -0.2) is 0 Å². The second-order valence-electron chi connectivity index (χ2n) is 12.0. The van der Waals surface area contributed by atoms with Crippen LogP contribution in [0.25, 0.3) is 0 Å². The van der Waals surface area contributed by atoms with Crippen molar-refractivity contribution >= 4 is 7.26 Å². The lowest BCUT2D eigenvalue weighted by atomic mass is 10.1. The molecule has 0 aliphatic carbocycles. The van der Waals surface area contributed by atoms with Gasteiger partial charge in [-0.15, -0.1) is 0 Å². The first kappa shape index (κ1) is 39.3. The van der Waals surface area contributed by atoms with Gasteiger partial charge in [0.25, 0.3) is 0 Å². The smallest absolute Gasteiger partial charge is 0.0594 e. The lowest BCUT2D eigenvalue weighted by Crippen LogP contribution is -3.00. The first-order chi connectivity index (χ1) is 17.2. The van der Waals surface area contributed by atoms with Crippen molar-refractivity contribution in [3.05, 3.63) is 0 Å². The lowest BCUT2D eigenvalue weighted by Gasteiger charge is -2.28. The normalized spacial score (nSPS) is 11.7. The average Bonchev–Trinajstić information content (AvgIpc) is 2.87. The average molecular weight is 639 g/mol. The molecule has 0 aromatic rings. The summed E-state index contributed by atoms with van der Waals surface area (Å²) in [4.78, 5) is 0. The molecule has 0 heterocycles. The van der Waals surface area contributed by atoms with Crippen LogP contribution in [0, 0.1) is 0 Å². The molecule has 0 amide bonds. The first-order valence-corrected chi connectivity index (χ1v) is 19.6. The molecule has 0 atom stereocenters. The zero-order valence-corrected chi connectivity index (χ0v) is 29.1. The molecule has 0 aromatic carbocycles. The van der Waals surface area contributed by atoms with Gasteiger partial charge in [-0.3, -0.25) is 0 Å². The van der Waals surface area contributed by atoms with Gasteiger partial charge < -0.3 is 24.0 Å². The summed E-state index contributed by atoms with van der Waals surface area (Å²) in [6.45, 7) is 9.38. The monoisotopic (exact) mass is 638 g/mol. The SMILES string of the molecule is CCCCCCCCCC[P+](CCCCCCCC)(CCCCCCCC)CCCCCCCC.[I-]. The van der Waals surface area contributed by atoms with Gasteiger partial charge in [0.05, 0.1) is 24.6 Å². The first-order valence-electron chi connectivity index (χ1n) is 17.1. The van der Waals surface area contributed by atoms with E-state index >= 15 is 0 Å². The molecule has 220 valence electrons. The molecule has 2 heteroatoms. The molecule has 0 spiro atoms. The van der Waals surface area contributed by atoms with Crippen LogP contribution in [0.2, 0.25) is 0 Å². The van der Waals surface area contributed by atoms with Gasteiger partial charge in [0.1, 0.15) is 0 Å². The van der Waals surface area contributed by atoms with E-state index in [0.717, 1.165) is 0 Å². The van der Waals surface area contributed by atoms with E-state index < -0.39 is 7.26 Å². The van der Waals surface area contributed by atoms with E-state index in [1.54, 1.807) is 50.3 Å². The van der Waals surface area contributed by atoms with E-state index in [9.17, 15) is 0 Å². The summed E-state index contributed by atoms with van der Waals surface area (Å²) in [6.07, 6.45) is 45.2. The van der Waals surface area contributed by atoms with Crippen LogP contribution in [0.3, 0.4) is 0 Å². The van der Waals surface area contributed by atoms with E-state index in [2.05, 4.69) is 27.7 Å². The van der Waals surface area contributed by atoms with Crippen molar-refractivity contribution in [1.82, 2.24) is 0 Å². The molecule has 0 radical (unpaired) electrons. The zero-order valence-electron chi connectivity index (χ0n) is 26.0. The van der Waals surface area contributed by atoms with E-state index in [0.29, 0.717) is 0 Å². The lowest BCUT2D eigenvalue weighted by molar-refractivity contribution is -0.00000799. The predicted molar refractivity (Wildman–Crippen MR) is 169 cm³/mol. The molecule has 0 aliphatic heterocycles. The van der Waals surface area contributed by atoms with Crippen LogP contribution < -0.4 is 24.0 Å². The van der Waals surface area contributed by atoms with Crippen molar-refractivity contribution < 1.29 is 24.0 Å². The van der Waals surface area contributed by atoms with Gasteiger partial charge in [0.2, 0.25) is 0 Å². The van der Waals surface area contributed by atoms with Crippen LogP contribution >= 0.6 is 7.26 Å². The standard InChI is InChI=1S/C34H72P.HI/c1-5-9-13-17-21-22-26-30-34-35(31-27-23-18-14-10-6-2,32-28-24-19-15-11-7-3)33-29-25-20-16-12-8-4;/h5-34H2,1-4H3;1H/q+1;/p-1. The molecule has 0 rings (SSSR count). The molecule has 36 heavy (non-hydrogen) atoms. The fraction of sp³-hybridized carbons (Fsp3) is 1.00. The Morgan fingerprint density at radius 3 is 0.611 bits per heavy atom. The van der Waals surface area contributed by atoms with Crippen LogP contribution in [0.5, 0.6) is 0 Å². The van der Waals surface area contributed by atoms with Crippen LogP contribution in [0.1, 0.15) is 195 Å². The molecule has 0 N–H and O–H groups in total. The van der Waals surface area contributed by atoms with E-state index in [1.807, 2.05) is 0 Å². The molecular weight excluding hydrogens is 566 g/mol. The third-order valence-electron chi connectivity index (χ3n) is 8.44. The van der Waals surface area contributed by atoms with Gasteiger partial charge in [-0.1, -0.05) is 143 Å². The predicted octanol–water partition coefficient (Wildman–Crippen LogP) is 10.2. The van der Waals surface area contributed by atoms with Crippen LogP contribution in [0.4, 0.5) is 0 Å². The Morgan fingerprint density at radius 2 is 0.417 bits per heavy atom. The number of hydrogen-bond acceptors (Lipinski definition) is 0. The van der Waals surface area contributed by atoms with Crippen molar-refractivity contribution in [3.63, 3.8) is 0 Å². The number of rotatable bonds is 30. The highest BCUT2D eigenvalue weighted by molar-refractivity contribution is 7.75. The summed E-state index contributed by atoms with van der Waals surface area (Å²) >= 11 is 0. The molecule has 0 unspecified atom stereocenters. The van der Waals surface area contributed by atoms with Gasteiger partial charge >= 0.3 is 0 Å². The summed E-state index contributed by atoms with van der Waals surface area (Å²) in [5.41, 5.74) is 0. The van der Waals surface area contributed by atoms with Crippen molar-refractivity contribution in [2.45, 2.75) is 195 Å². The largest absolute Gasteiger partial charge is 1.00 e. The molecule has 0 fully saturated rings. The molecule has 0 bridgehead atoms. The topological polar surface area (TPSA) is 0 Å².